The fraction of sp³-hybridized carbons (Fsp3) is 1.00. The van der Waals surface area contributed by atoms with Gasteiger partial charge in [-0.15, -0.1) is 0 Å². The van der Waals surface area contributed by atoms with Gasteiger partial charge < -0.3 is 5.73 Å². The molecule has 0 rings (SSSR count). The average molecular weight is 146 g/mol. The predicted molar refractivity (Wildman–Crippen MR) is 42.5 cm³/mol. The smallest absolute Gasteiger partial charge is 0.0309 e. The zero-order valence-electron chi connectivity index (χ0n) is 6.59. The second kappa shape index (κ2) is 5.61. The molecule has 10 heavy (non-hydrogen) atoms. The zero-order chi connectivity index (χ0) is 7.98. The Hall–Kier alpha value is -0.160. The van der Waals surface area contributed by atoms with Crippen LogP contribution in [-0.2, 0) is 0 Å². The van der Waals surface area contributed by atoms with Gasteiger partial charge in [0.25, 0.3) is 0 Å². The Kier molecular flexibility index (Phi) is 5.52. The Morgan fingerprint density at radius 2 is 2.00 bits per heavy atom. The number of nitrogens with zero attached hydrogens (tertiary/aromatic N) is 1. The van der Waals surface area contributed by atoms with E-state index < -0.39 is 0 Å². The van der Waals surface area contributed by atoms with Crippen LogP contribution in [0.15, 0.2) is 0 Å². The molecular weight excluding hydrogens is 128 g/mol. The van der Waals surface area contributed by atoms with Gasteiger partial charge in [0.2, 0.25) is 0 Å². The van der Waals surface area contributed by atoms with Crippen LogP contribution in [0.25, 0.3) is 0 Å². The Morgan fingerprint density at radius 3 is 2.40 bits per heavy atom. The molecule has 0 aliphatic rings. The van der Waals surface area contributed by atoms with Gasteiger partial charge >= 0.3 is 0 Å². The fourth-order valence-electron chi connectivity index (χ4n) is 0.917. The number of rotatable bonds is 5. The largest absolute Gasteiger partial charge is 0.330 e. The van der Waals surface area contributed by atoms with Crippen LogP contribution >= 0.6 is 0 Å². The van der Waals surface area contributed by atoms with Crippen LogP contribution in [-0.4, -0.2) is 18.2 Å². The minimum Gasteiger partial charge on any atom is -0.330 e. The number of hydrazine groups is 2. The van der Waals surface area contributed by atoms with E-state index in [2.05, 4.69) is 6.92 Å². The van der Waals surface area contributed by atoms with Gasteiger partial charge in [0.05, 0.1) is 0 Å². The molecule has 0 amide bonds. The lowest BCUT2D eigenvalue weighted by atomic mass is 10.1. The van der Waals surface area contributed by atoms with Crippen molar-refractivity contribution in [3.63, 3.8) is 0 Å². The normalized spacial score (nSPS) is 14.1. The van der Waals surface area contributed by atoms with Gasteiger partial charge in [-0.05, 0) is 25.3 Å². The molecule has 0 spiro atoms. The summed E-state index contributed by atoms with van der Waals surface area (Å²) in [5, 5.41) is 1.22. The summed E-state index contributed by atoms with van der Waals surface area (Å²) in [4.78, 5) is 0. The van der Waals surface area contributed by atoms with Crippen LogP contribution < -0.4 is 17.4 Å². The molecule has 0 saturated carbocycles. The summed E-state index contributed by atoms with van der Waals surface area (Å²) in [7, 11) is 0. The predicted octanol–water partition coefficient (Wildman–Crippen LogP) is -0.589. The molecule has 0 fully saturated rings. The molecule has 0 aromatic heterocycles. The number of hydrogen-bond donors (Lipinski definition) is 3. The van der Waals surface area contributed by atoms with Crippen molar-refractivity contribution >= 4 is 0 Å². The summed E-state index contributed by atoms with van der Waals surface area (Å²) >= 11 is 0. The van der Waals surface area contributed by atoms with Crippen molar-refractivity contribution in [2.45, 2.75) is 19.8 Å². The van der Waals surface area contributed by atoms with Crippen LogP contribution in [0, 0.1) is 5.92 Å². The van der Waals surface area contributed by atoms with Crippen LogP contribution in [0.2, 0.25) is 0 Å². The summed E-state index contributed by atoms with van der Waals surface area (Å²) in [5.41, 5.74) is 5.33. The monoisotopic (exact) mass is 146 g/mol. The Bertz CT molecular complexity index is 74.1. The lowest BCUT2D eigenvalue weighted by Gasteiger charge is -2.15. The van der Waals surface area contributed by atoms with Crippen molar-refractivity contribution in [2.24, 2.45) is 23.3 Å². The van der Waals surface area contributed by atoms with Gasteiger partial charge in [-0.2, -0.15) is 5.12 Å². The first kappa shape index (κ1) is 9.84. The van der Waals surface area contributed by atoms with Crippen molar-refractivity contribution in [3.8, 4) is 0 Å². The van der Waals surface area contributed by atoms with Crippen LogP contribution in [0.3, 0.4) is 0 Å². The first-order chi connectivity index (χ1) is 4.66. The van der Waals surface area contributed by atoms with Gasteiger partial charge in [0, 0.05) is 6.54 Å². The zero-order valence-corrected chi connectivity index (χ0v) is 6.59. The molecule has 4 nitrogen and oxygen atoms in total. The SMILES string of the molecule is CC(CCCN)CN(N)N. The molecule has 0 radical (unpaired) electrons. The molecule has 0 aromatic carbocycles. The Balaban J connectivity index is 3.16. The van der Waals surface area contributed by atoms with Crippen LogP contribution in [0.4, 0.5) is 0 Å². The molecule has 1 unspecified atom stereocenters. The third-order valence-electron chi connectivity index (χ3n) is 1.42. The lowest BCUT2D eigenvalue weighted by Crippen LogP contribution is -2.41. The highest BCUT2D eigenvalue weighted by atomic mass is 15.6. The second-order valence-electron chi connectivity index (χ2n) is 2.73. The molecule has 6 N–H and O–H groups in total. The summed E-state index contributed by atoms with van der Waals surface area (Å²) in [6.45, 7) is 3.60. The van der Waals surface area contributed by atoms with E-state index in [1.807, 2.05) is 0 Å². The first-order valence-corrected chi connectivity index (χ1v) is 3.63. The molecule has 0 heterocycles. The summed E-state index contributed by atoms with van der Waals surface area (Å²) in [6, 6.07) is 0. The van der Waals surface area contributed by atoms with Gasteiger partial charge in [-0.25, -0.2) is 0 Å². The van der Waals surface area contributed by atoms with Crippen molar-refractivity contribution in [1.29, 1.82) is 0 Å². The molecule has 0 aliphatic heterocycles. The van der Waals surface area contributed by atoms with Crippen LogP contribution in [0.1, 0.15) is 19.8 Å². The van der Waals surface area contributed by atoms with E-state index in [-0.39, 0.29) is 0 Å². The van der Waals surface area contributed by atoms with E-state index in [4.69, 9.17) is 17.4 Å². The first-order valence-electron chi connectivity index (χ1n) is 3.63. The molecule has 0 aromatic rings. The average Bonchev–Trinajstić information content (AvgIpc) is 1.82. The highest BCUT2D eigenvalue weighted by Crippen LogP contribution is 2.03. The third kappa shape index (κ3) is 5.97. The quantitative estimate of drug-likeness (QED) is 0.358. The van der Waals surface area contributed by atoms with E-state index in [0.717, 1.165) is 25.9 Å². The molecule has 1 atom stereocenters. The lowest BCUT2D eigenvalue weighted by molar-refractivity contribution is 0.243. The summed E-state index contributed by atoms with van der Waals surface area (Å²) in [5.74, 6) is 11.0. The topological polar surface area (TPSA) is 81.3 Å². The fourth-order valence-corrected chi connectivity index (χ4v) is 0.917. The van der Waals surface area contributed by atoms with Gasteiger partial charge in [-0.3, -0.25) is 11.7 Å². The molecule has 0 saturated heterocycles. The van der Waals surface area contributed by atoms with Gasteiger partial charge in [0.15, 0.2) is 0 Å². The van der Waals surface area contributed by atoms with Crippen molar-refractivity contribution in [3.05, 3.63) is 0 Å². The standard InChI is InChI=1S/C6H18N4/c1-6(3-2-4-7)5-10(8)9/h6H,2-5,7-9H2,1H3. The maximum Gasteiger partial charge on any atom is 0.0309 e. The van der Waals surface area contributed by atoms with E-state index in [9.17, 15) is 0 Å². The van der Waals surface area contributed by atoms with E-state index >= 15 is 0 Å². The van der Waals surface area contributed by atoms with E-state index in [1.165, 1.54) is 5.12 Å². The van der Waals surface area contributed by atoms with Crippen molar-refractivity contribution in [1.82, 2.24) is 5.12 Å². The Morgan fingerprint density at radius 1 is 1.40 bits per heavy atom. The minimum absolute atomic E-state index is 0.540. The molecule has 4 heteroatoms. The second-order valence-corrected chi connectivity index (χ2v) is 2.73. The van der Waals surface area contributed by atoms with E-state index in [0.29, 0.717) is 5.92 Å². The molecule has 0 aliphatic carbocycles. The maximum atomic E-state index is 5.33. The summed E-state index contributed by atoms with van der Waals surface area (Å²) in [6.07, 6.45) is 2.15. The number of nitrogens with two attached hydrogens (primary N) is 3. The number of hydrogen-bond acceptors (Lipinski definition) is 4. The highest BCUT2D eigenvalue weighted by Gasteiger charge is 2.02. The van der Waals surface area contributed by atoms with Crippen molar-refractivity contribution < 1.29 is 0 Å². The maximum absolute atomic E-state index is 5.33. The van der Waals surface area contributed by atoms with Crippen LogP contribution in [0.5, 0.6) is 0 Å². The highest BCUT2D eigenvalue weighted by molar-refractivity contribution is 4.54. The molecular formula is C6H18N4. The molecule has 0 bridgehead atoms. The minimum atomic E-state index is 0.540. The van der Waals surface area contributed by atoms with Gasteiger partial charge in [-0.1, -0.05) is 6.92 Å². The van der Waals surface area contributed by atoms with E-state index in [1.54, 1.807) is 0 Å². The van der Waals surface area contributed by atoms with Gasteiger partial charge in [0.1, 0.15) is 0 Å². The Labute approximate surface area is 62.3 Å². The van der Waals surface area contributed by atoms with Crippen molar-refractivity contribution in [2.75, 3.05) is 13.1 Å². The molecule has 62 valence electrons. The third-order valence-corrected chi connectivity index (χ3v) is 1.42. The summed E-state index contributed by atoms with van der Waals surface area (Å²) < 4.78 is 0.